The second kappa shape index (κ2) is 8.85. The van der Waals surface area contributed by atoms with Gasteiger partial charge in [-0.2, -0.15) is 0 Å². The van der Waals surface area contributed by atoms with Crippen LogP contribution in [0.1, 0.15) is 37.3 Å². The van der Waals surface area contributed by atoms with Crippen molar-refractivity contribution in [2.24, 2.45) is 0 Å². The number of hydrogen-bond donors (Lipinski definition) is 1. The van der Waals surface area contributed by atoms with Crippen LogP contribution in [0.15, 0.2) is 60.7 Å². The first-order valence-electron chi connectivity index (χ1n) is 9.75. The smallest absolute Gasteiger partial charge is 0.241 e. The first-order valence-corrected chi connectivity index (χ1v) is 9.75. The zero-order chi connectivity index (χ0) is 19.1. The summed E-state index contributed by atoms with van der Waals surface area (Å²) < 4.78 is 0. The van der Waals surface area contributed by atoms with Crippen LogP contribution in [-0.4, -0.2) is 36.3 Å². The molecule has 0 spiro atoms. The molecule has 1 aliphatic rings. The molecule has 27 heavy (non-hydrogen) atoms. The van der Waals surface area contributed by atoms with E-state index in [1.807, 2.05) is 72.5 Å². The van der Waals surface area contributed by atoms with Gasteiger partial charge in [0, 0.05) is 13.1 Å². The number of rotatable bonds is 6. The zero-order valence-corrected chi connectivity index (χ0v) is 16.0. The van der Waals surface area contributed by atoms with Crippen molar-refractivity contribution in [2.45, 2.75) is 38.0 Å². The monoisotopic (exact) mass is 364 g/mol. The molecule has 2 amide bonds. The Bertz CT molecular complexity index is 754. The molecule has 3 rings (SSSR count). The summed E-state index contributed by atoms with van der Waals surface area (Å²) in [6.45, 7) is 3.62. The van der Waals surface area contributed by atoms with E-state index in [1.54, 1.807) is 0 Å². The number of benzene rings is 2. The van der Waals surface area contributed by atoms with Gasteiger partial charge < -0.3 is 10.2 Å². The molecule has 142 valence electrons. The molecule has 2 aromatic carbocycles. The quantitative estimate of drug-likeness (QED) is 0.855. The van der Waals surface area contributed by atoms with Gasteiger partial charge in [-0.15, -0.1) is 0 Å². The molecule has 1 fully saturated rings. The Balaban J connectivity index is 1.73. The third-order valence-electron chi connectivity index (χ3n) is 5.42. The van der Waals surface area contributed by atoms with E-state index in [4.69, 9.17) is 0 Å². The predicted octanol–water partition coefficient (Wildman–Crippen LogP) is 3.32. The maximum Gasteiger partial charge on any atom is 0.241 e. The molecule has 2 aromatic rings. The van der Waals surface area contributed by atoms with Gasteiger partial charge in [-0.25, -0.2) is 0 Å². The van der Waals surface area contributed by atoms with E-state index < -0.39 is 5.41 Å². The summed E-state index contributed by atoms with van der Waals surface area (Å²) in [5, 5.41) is 2.91. The van der Waals surface area contributed by atoms with Gasteiger partial charge in [-0.3, -0.25) is 9.59 Å². The van der Waals surface area contributed by atoms with E-state index in [0.717, 1.165) is 37.1 Å². The van der Waals surface area contributed by atoms with E-state index in [-0.39, 0.29) is 18.4 Å². The van der Waals surface area contributed by atoms with E-state index in [9.17, 15) is 9.59 Å². The average Bonchev–Trinajstić information content (AvgIpc) is 2.73. The number of amides is 2. The molecule has 1 atom stereocenters. The van der Waals surface area contributed by atoms with Gasteiger partial charge in [0.15, 0.2) is 0 Å². The number of carbonyl (C=O) groups is 2. The van der Waals surface area contributed by atoms with Crippen molar-refractivity contribution in [3.05, 3.63) is 71.8 Å². The number of nitrogens with zero attached hydrogens (tertiary/aromatic N) is 1. The number of nitrogens with one attached hydrogen (secondary N) is 1. The first-order chi connectivity index (χ1) is 13.1. The van der Waals surface area contributed by atoms with Crippen LogP contribution in [0.4, 0.5) is 0 Å². The summed E-state index contributed by atoms with van der Waals surface area (Å²) in [6, 6.07) is 19.8. The van der Waals surface area contributed by atoms with Crippen molar-refractivity contribution < 1.29 is 9.59 Å². The Morgan fingerprint density at radius 1 is 0.926 bits per heavy atom. The second-order valence-electron chi connectivity index (χ2n) is 7.48. The normalized spacial score (nSPS) is 16.4. The molecule has 4 heteroatoms. The molecule has 1 N–H and O–H groups in total. The maximum absolute atomic E-state index is 13.2. The topological polar surface area (TPSA) is 49.4 Å². The van der Waals surface area contributed by atoms with Gasteiger partial charge in [0.25, 0.3) is 0 Å². The minimum absolute atomic E-state index is 0.0122. The highest BCUT2D eigenvalue weighted by Crippen LogP contribution is 2.28. The third kappa shape index (κ3) is 4.76. The lowest BCUT2D eigenvalue weighted by molar-refractivity contribution is -0.135. The van der Waals surface area contributed by atoms with Crippen LogP contribution in [0.2, 0.25) is 0 Å². The van der Waals surface area contributed by atoms with Gasteiger partial charge in [0.2, 0.25) is 11.8 Å². The lowest BCUT2D eigenvalue weighted by atomic mass is 9.76. The van der Waals surface area contributed by atoms with Crippen LogP contribution in [0, 0.1) is 0 Å². The molecular formula is C23H28N2O2. The summed E-state index contributed by atoms with van der Waals surface area (Å²) in [4.78, 5) is 27.5. The first kappa shape index (κ1) is 19.2. The Kier molecular flexibility index (Phi) is 6.28. The largest absolute Gasteiger partial charge is 0.346 e. The van der Waals surface area contributed by atoms with Crippen LogP contribution >= 0.6 is 0 Å². The zero-order valence-electron chi connectivity index (χ0n) is 16.0. The second-order valence-corrected chi connectivity index (χ2v) is 7.48. The van der Waals surface area contributed by atoms with E-state index >= 15 is 0 Å². The van der Waals surface area contributed by atoms with Crippen LogP contribution in [0.3, 0.4) is 0 Å². The lowest BCUT2D eigenvalue weighted by Gasteiger charge is -2.31. The number of carbonyl (C=O) groups excluding carboxylic acids is 2. The van der Waals surface area contributed by atoms with Gasteiger partial charge >= 0.3 is 0 Å². The van der Waals surface area contributed by atoms with Crippen molar-refractivity contribution in [1.82, 2.24) is 10.2 Å². The molecule has 1 saturated heterocycles. The molecular weight excluding hydrogens is 336 g/mol. The van der Waals surface area contributed by atoms with Crippen LogP contribution in [0.5, 0.6) is 0 Å². The highest BCUT2D eigenvalue weighted by molar-refractivity contribution is 5.91. The van der Waals surface area contributed by atoms with E-state index in [1.165, 1.54) is 6.42 Å². The fraction of sp³-hybridized carbons (Fsp3) is 0.391. The molecule has 0 aliphatic carbocycles. The SMILES string of the molecule is CC(Cc1ccccc1)(C(=O)NCC(=O)N1CCCCC1)c1ccccc1. The number of likely N-dealkylation sites (tertiary alicyclic amines) is 1. The Morgan fingerprint density at radius 3 is 2.15 bits per heavy atom. The average molecular weight is 364 g/mol. The van der Waals surface area contributed by atoms with Crippen molar-refractivity contribution in [2.75, 3.05) is 19.6 Å². The van der Waals surface area contributed by atoms with Gasteiger partial charge in [-0.1, -0.05) is 60.7 Å². The van der Waals surface area contributed by atoms with Crippen LogP contribution in [0.25, 0.3) is 0 Å². The van der Waals surface area contributed by atoms with Gasteiger partial charge in [0.1, 0.15) is 0 Å². The number of piperidine rings is 1. The molecule has 1 unspecified atom stereocenters. The summed E-state index contributed by atoms with van der Waals surface area (Å²) in [5.74, 6) is -0.0962. The highest BCUT2D eigenvalue weighted by atomic mass is 16.2. The van der Waals surface area contributed by atoms with Crippen molar-refractivity contribution in [3.8, 4) is 0 Å². The van der Waals surface area contributed by atoms with Gasteiger partial charge in [0.05, 0.1) is 12.0 Å². The van der Waals surface area contributed by atoms with Crippen LogP contribution in [-0.2, 0) is 21.4 Å². The van der Waals surface area contributed by atoms with E-state index in [0.29, 0.717) is 6.42 Å². The fourth-order valence-corrected chi connectivity index (χ4v) is 3.73. The minimum Gasteiger partial charge on any atom is -0.346 e. The lowest BCUT2D eigenvalue weighted by Crippen LogP contribution is -2.48. The van der Waals surface area contributed by atoms with Crippen molar-refractivity contribution in [3.63, 3.8) is 0 Å². The number of hydrogen-bond acceptors (Lipinski definition) is 2. The Labute approximate surface area is 161 Å². The minimum atomic E-state index is -0.731. The summed E-state index contributed by atoms with van der Waals surface area (Å²) in [6.07, 6.45) is 3.87. The third-order valence-corrected chi connectivity index (χ3v) is 5.42. The highest BCUT2D eigenvalue weighted by Gasteiger charge is 2.35. The Morgan fingerprint density at radius 2 is 1.52 bits per heavy atom. The summed E-state index contributed by atoms with van der Waals surface area (Å²) in [7, 11) is 0. The maximum atomic E-state index is 13.2. The molecule has 0 aromatic heterocycles. The molecule has 0 saturated carbocycles. The molecule has 1 heterocycles. The molecule has 1 aliphatic heterocycles. The molecule has 0 bridgehead atoms. The Hall–Kier alpha value is -2.62. The fourth-order valence-electron chi connectivity index (χ4n) is 3.73. The van der Waals surface area contributed by atoms with Crippen molar-refractivity contribution >= 4 is 11.8 Å². The molecule has 4 nitrogen and oxygen atoms in total. The van der Waals surface area contributed by atoms with E-state index in [2.05, 4.69) is 5.32 Å². The van der Waals surface area contributed by atoms with Crippen LogP contribution < -0.4 is 5.32 Å². The van der Waals surface area contributed by atoms with Gasteiger partial charge in [-0.05, 0) is 43.7 Å². The molecule has 0 radical (unpaired) electrons. The standard InChI is InChI=1S/C23H28N2O2/c1-23(20-13-7-3-8-14-20,17-19-11-5-2-6-12-19)22(27)24-18-21(26)25-15-9-4-10-16-25/h2-3,5-8,11-14H,4,9-10,15-18H2,1H3,(H,24,27). The summed E-state index contributed by atoms with van der Waals surface area (Å²) >= 11 is 0. The van der Waals surface area contributed by atoms with Crippen molar-refractivity contribution in [1.29, 1.82) is 0 Å². The predicted molar refractivity (Wildman–Crippen MR) is 107 cm³/mol. The summed E-state index contributed by atoms with van der Waals surface area (Å²) in [5.41, 5.74) is 1.32.